The molecule has 2 amide bonds. The number of carbonyl (C=O) groups excluding carboxylic acids is 1. The molecular formula is C15H26N4O3. The molecule has 0 radical (unpaired) electrons. The molecule has 2 rings (SSSR count). The van der Waals surface area contributed by atoms with Crippen LogP contribution in [0.15, 0.2) is 10.6 Å². The molecule has 1 atom stereocenters. The topological polar surface area (TPSA) is 81.8 Å². The number of rotatable bonds is 4. The van der Waals surface area contributed by atoms with Crippen LogP contribution in [0.1, 0.15) is 32.2 Å². The van der Waals surface area contributed by atoms with Crippen molar-refractivity contribution in [2.75, 3.05) is 26.2 Å². The lowest BCUT2D eigenvalue weighted by atomic mass is 10.1. The third-order valence-corrected chi connectivity index (χ3v) is 3.67. The molecule has 0 aromatic carbocycles. The van der Waals surface area contributed by atoms with Gasteiger partial charge < -0.3 is 19.8 Å². The third kappa shape index (κ3) is 4.71. The van der Waals surface area contributed by atoms with Crippen LogP contribution in [0.3, 0.4) is 0 Å². The van der Waals surface area contributed by atoms with Gasteiger partial charge in [0.25, 0.3) is 0 Å². The van der Waals surface area contributed by atoms with Crippen molar-refractivity contribution in [3.05, 3.63) is 17.5 Å². The highest BCUT2D eigenvalue weighted by atomic mass is 16.5. The summed E-state index contributed by atoms with van der Waals surface area (Å²) in [4.78, 5) is 16.3. The summed E-state index contributed by atoms with van der Waals surface area (Å²) < 4.78 is 5.08. The molecule has 22 heavy (non-hydrogen) atoms. The smallest absolute Gasteiger partial charge is 0.318 e. The van der Waals surface area contributed by atoms with Crippen LogP contribution in [0.4, 0.5) is 4.79 Å². The van der Waals surface area contributed by atoms with Gasteiger partial charge in [-0.3, -0.25) is 4.90 Å². The number of piperazine rings is 1. The number of carbonyl (C=O) groups is 1. The Kier molecular flexibility index (Phi) is 5.08. The zero-order chi connectivity index (χ0) is 16.3. The number of β-amino-alcohol motifs (C(OH)–C–C–N with tert-alkyl or cyclic N) is 1. The van der Waals surface area contributed by atoms with E-state index in [0.717, 1.165) is 18.8 Å². The van der Waals surface area contributed by atoms with Crippen LogP contribution in [0.2, 0.25) is 0 Å². The summed E-state index contributed by atoms with van der Waals surface area (Å²) in [6, 6.07) is 1.82. The van der Waals surface area contributed by atoms with Gasteiger partial charge >= 0.3 is 6.03 Å². The first-order valence-corrected chi connectivity index (χ1v) is 7.66. The summed E-state index contributed by atoms with van der Waals surface area (Å²) in [5.41, 5.74) is 0.0896. The summed E-state index contributed by atoms with van der Waals surface area (Å²) in [7, 11) is 0. The SMILES string of the molecule is Cc1cc(CNC(=O)N2CCN(CC(C)(C)O)C[C@H]2C)on1. The highest BCUT2D eigenvalue weighted by Crippen LogP contribution is 2.13. The fourth-order valence-electron chi connectivity index (χ4n) is 2.79. The lowest BCUT2D eigenvalue weighted by Crippen LogP contribution is -2.58. The van der Waals surface area contributed by atoms with Gasteiger partial charge in [0.2, 0.25) is 0 Å². The summed E-state index contributed by atoms with van der Waals surface area (Å²) in [5, 5.41) is 16.5. The van der Waals surface area contributed by atoms with Gasteiger partial charge in [0.1, 0.15) is 0 Å². The first-order chi connectivity index (χ1) is 10.2. The second-order valence-corrected chi connectivity index (χ2v) is 6.68. The van der Waals surface area contributed by atoms with Crippen molar-refractivity contribution >= 4 is 6.03 Å². The Morgan fingerprint density at radius 3 is 2.82 bits per heavy atom. The normalized spacial score (nSPS) is 20.2. The lowest BCUT2D eigenvalue weighted by Gasteiger charge is -2.41. The quantitative estimate of drug-likeness (QED) is 0.866. The van der Waals surface area contributed by atoms with Gasteiger partial charge in [-0.25, -0.2) is 4.79 Å². The molecular weight excluding hydrogens is 284 g/mol. The van der Waals surface area contributed by atoms with Crippen molar-refractivity contribution in [2.24, 2.45) is 0 Å². The highest BCUT2D eigenvalue weighted by molar-refractivity contribution is 5.74. The first kappa shape index (κ1) is 16.8. The van der Waals surface area contributed by atoms with Crippen molar-refractivity contribution in [3.63, 3.8) is 0 Å². The van der Waals surface area contributed by atoms with Crippen molar-refractivity contribution in [2.45, 2.75) is 45.9 Å². The average molecular weight is 310 g/mol. The van der Waals surface area contributed by atoms with Gasteiger partial charge in [0, 0.05) is 38.3 Å². The van der Waals surface area contributed by atoms with Gasteiger partial charge in [-0.2, -0.15) is 0 Å². The molecule has 0 spiro atoms. The van der Waals surface area contributed by atoms with Gasteiger partial charge in [-0.1, -0.05) is 5.16 Å². The summed E-state index contributed by atoms with van der Waals surface area (Å²) >= 11 is 0. The minimum atomic E-state index is -0.714. The van der Waals surface area contributed by atoms with E-state index in [9.17, 15) is 9.90 Å². The Morgan fingerprint density at radius 1 is 1.55 bits per heavy atom. The molecule has 1 aliphatic heterocycles. The number of urea groups is 1. The van der Waals surface area contributed by atoms with E-state index in [0.29, 0.717) is 25.4 Å². The van der Waals surface area contributed by atoms with E-state index in [1.807, 2.05) is 24.8 Å². The molecule has 1 fully saturated rings. The standard InChI is InChI=1S/C15H26N4O3/c1-11-7-13(22-17-11)8-16-14(20)19-6-5-18(9-12(19)2)10-15(3,4)21/h7,12,21H,5-6,8-10H2,1-4H3,(H,16,20)/t12-/m1/s1. The molecule has 0 saturated carbocycles. The molecule has 124 valence electrons. The maximum Gasteiger partial charge on any atom is 0.318 e. The van der Waals surface area contributed by atoms with Crippen molar-refractivity contribution in [3.8, 4) is 0 Å². The van der Waals surface area contributed by atoms with Crippen LogP contribution in [0.25, 0.3) is 0 Å². The number of amides is 2. The molecule has 7 nitrogen and oxygen atoms in total. The molecule has 7 heteroatoms. The summed E-state index contributed by atoms with van der Waals surface area (Å²) in [6.45, 7) is 10.6. The number of hydrogen-bond donors (Lipinski definition) is 2. The van der Waals surface area contributed by atoms with Gasteiger partial charge in [0.15, 0.2) is 5.76 Å². The Labute approximate surface area is 131 Å². The minimum Gasteiger partial charge on any atom is -0.389 e. The van der Waals surface area contributed by atoms with Crippen LogP contribution in [-0.2, 0) is 6.54 Å². The summed E-state index contributed by atoms with van der Waals surface area (Å²) in [5.74, 6) is 0.652. The monoisotopic (exact) mass is 310 g/mol. The van der Waals surface area contributed by atoms with Crippen molar-refractivity contribution < 1.29 is 14.4 Å². The van der Waals surface area contributed by atoms with E-state index < -0.39 is 5.60 Å². The van der Waals surface area contributed by atoms with E-state index in [-0.39, 0.29) is 12.1 Å². The van der Waals surface area contributed by atoms with Crippen LogP contribution in [0, 0.1) is 6.92 Å². The van der Waals surface area contributed by atoms with Crippen molar-refractivity contribution in [1.82, 2.24) is 20.3 Å². The molecule has 1 saturated heterocycles. The van der Waals surface area contributed by atoms with Crippen LogP contribution < -0.4 is 5.32 Å². The maximum absolute atomic E-state index is 12.3. The zero-order valence-electron chi connectivity index (χ0n) is 13.8. The van der Waals surface area contributed by atoms with E-state index >= 15 is 0 Å². The summed E-state index contributed by atoms with van der Waals surface area (Å²) in [6.07, 6.45) is 0. The van der Waals surface area contributed by atoms with Crippen LogP contribution in [-0.4, -0.2) is 63.9 Å². The number of aromatic nitrogens is 1. The molecule has 0 aliphatic carbocycles. The molecule has 1 aromatic heterocycles. The Hall–Kier alpha value is -1.60. The van der Waals surface area contributed by atoms with Crippen LogP contribution >= 0.6 is 0 Å². The minimum absolute atomic E-state index is 0.0931. The van der Waals surface area contributed by atoms with E-state index in [2.05, 4.69) is 15.4 Å². The van der Waals surface area contributed by atoms with E-state index in [1.165, 1.54) is 0 Å². The second kappa shape index (κ2) is 6.66. The fraction of sp³-hybridized carbons (Fsp3) is 0.733. The predicted molar refractivity (Wildman–Crippen MR) is 82.4 cm³/mol. The second-order valence-electron chi connectivity index (χ2n) is 6.68. The largest absolute Gasteiger partial charge is 0.389 e. The molecule has 2 N–H and O–H groups in total. The number of aliphatic hydroxyl groups is 1. The molecule has 1 aliphatic rings. The van der Waals surface area contributed by atoms with Crippen LogP contribution in [0.5, 0.6) is 0 Å². The number of aryl methyl sites for hydroxylation is 1. The molecule has 0 unspecified atom stereocenters. The van der Waals surface area contributed by atoms with E-state index in [4.69, 9.17) is 4.52 Å². The maximum atomic E-state index is 12.3. The fourth-order valence-corrected chi connectivity index (χ4v) is 2.79. The molecule has 0 bridgehead atoms. The first-order valence-electron chi connectivity index (χ1n) is 7.66. The number of nitrogens with one attached hydrogen (secondary N) is 1. The lowest BCUT2D eigenvalue weighted by molar-refractivity contribution is 0.0118. The van der Waals surface area contributed by atoms with E-state index in [1.54, 1.807) is 13.8 Å². The third-order valence-electron chi connectivity index (χ3n) is 3.67. The average Bonchev–Trinajstić information content (AvgIpc) is 2.80. The number of nitrogens with zero attached hydrogens (tertiary/aromatic N) is 3. The zero-order valence-corrected chi connectivity index (χ0v) is 13.8. The van der Waals surface area contributed by atoms with Gasteiger partial charge in [-0.15, -0.1) is 0 Å². The molecule has 2 heterocycles. The number of hydrogen-bond acceptors (Lipinski definition) is 5. The van der Waals surface area contributed by atoms with Gasteiger partial charge in [-0.05, 0) is 27.7 Å². The van der Waals surface area contributed by atoms with Crippen molar-refractivity contribution in [1.29, 1.82) is 0 Å². The molecule has 1 aromatic rings. The predicted octanol–water partition coefficient (Wildman–Crippen LogP) is 0.970. The Morgan fingerprint density at radius 2 is 2.27 bits per heavy atom. The Balaban J connectivity index is 1.81. The Bertz CT molecular complexity index is 509. The highest BCUT2D eigenvalue weighted by Gasteiger charge is 2.29. The van der Waals surface area contributed by atoms with Gasteiger partial charge in [0.05, 0.1) is 17.8 Å².